The van der Waals surface area contributed by atoms with Gasteiger partial charge in [-0.2, -0.15) is 0 Å². The molecule has 4 heteroatoms. The fraction of sp³-hybridized carbons (Fsp3) is 0.600. The van der Waals surface area contributed by atoms with Gasteiger partial charge in [-0.25, -0.2) is 0 Å². The molecule has 0 radical (unpaired) electrons. The summed E-state index contributed by atoms with van der Waals surface area (Å²) in [5.41, 5.74) is 8.56. The van der Waals surface area contributed by atoms with Crippen molar-refractivity contribution in [2.24, 2.45) is 5.73 Å². The molecule has 3 nitrogen and oxygen atoms in total. The lowest BCUT2D eigenvalue weighted by Crippen LogP contribution is -2.41. The molecule has 1 fully saturated rings. The SMILES string of the molecule is COC1(CC(N)c2cc(Cl)cc3c2OCC3)CCC1. The zero-order chi connectivity index (χ0) is 13.5. The lowest BCUT2D eigenvalue weighted by Gasteiger charge is -2.42. The summed E-state index contributed by atoms with van der Waals surface area (Å²) in [6.45, 7) is 0.727. The highest BCUT2D eigenvalue weighted by Gasteiger charge is 2.39. The van der Waals surface area contributed by atoms with Gasteiger partial charge in [0.2, 0.25) is 0 Å². The van der Waals surface area contributed by atoms with Crippen LogP contribution in [-0.4, -0.2) is 19.3 Å². The Hall–Kier alpha value is -0.770. The Balaban J connectivity index is 1.85. The molecule has 1 saturated carbocycles. The lowest BCUT2D eigenvalue weighted by atomic mass is 9.74. The molecule has 1 aliphatic heterocycles. The van der Waals surface area contributed by atoms with Gasteiger partial charge < -0.3 is 15.2 Å². The van der Waals surface area contributed by atoms with Crippen LogP contribution in [0.1, 0.15) is 42.9 Å². The van der Waals surface area contributed by atoms with Crippen molar-refractivity contribution < 1.29 is 9.47 Å². The summed E-state index contributed by atoms with van der Waals surface area (Å²) in [5.74, 6) is 0.947. The first-order valence-electron chi connectivity index (χ1n) is 6.89. The maximum atomic E-state index is 6.39. The third kappa shape index (κ3) is 2.35. The van der Waals surface area contributed by atoms with E-state index in [2.05, 4.69) is 0 Å². The second-order valence-corrected chi connectivity index (χ2v) is 6.07. The van der Waals surface area contributed by atoms with Crippen LogP contribution in [0.25, 0.3) is 0 Å². The Morgan fingerprint density at radius 2 is 2.26 bits per heavy atom. The number of benzene rings is 1. The van der Waals surface area contributed by atoms with E-state index in [4.69, 9.17) is 26.8 Å². The van der Waals surface area contributed by atoms with Gasteiger partial charge in [0, 0.05) is 30.2 Å². The predicted molar refractivity (Wildman–Crippen MR) is 75.8 cm³/mol. The van der Waals surface area contributed by atoms with E-state index in [1.165, 1.54) is 12.0 Å². The highest BCUT2D eigenvalue weighted by Crippen LogP contribution is 2.44. The van der Waals surface area contributed by atoms with Gasteiger partial charge in [0.05, 0.1) is 12.2 Å². The van der Waals surface area contributed by atoms with E-state index in [-0.39, 0.29) is 11.6 Å². The molecular formula is C15H20ClNO2. The molecule has 1 unspecified atom stereocenters. The Morgan fingerprint density at radius 3 is 2.89 bits per heavy atom. The van der Waals surface area contributed by atoms with Crippen molar-refractivity contribution in [3.63, 3.8) is 0 Å². The summed E-state index contributed by atoms with van der Waals surface area (Å²) < 4.78 is 11.4. The average Bonchev–Trinajstić information content (AvgIpc) is 2.80. The topological polar surface area (TPSA) is 44.5 Å². The zero-order valence-electron chi connectivity index (χ0n) is 11.2. The van der Waals surface area contributed by atoms with Crippen molar-refractivity contribution in [2.75, 3.05) is 13.7 Å². The molecule has 1 atom stereocenters. The molecule has 0 amide bonds. The summed E-state index contributed by atoms with van der Waals surface area (Å²) in [4.78, 5) is 0. The molecule has 1 aromatic rings. The van der Waals surface area contributed by atoms with Crippen LogP contribution in [0, 0.1) is 0 Å². The Bertz CT molecular complexity index is 480. The van der Waals surface area contributed by atoms with Crippen molar-refractivity contribution >= 4 is 11.6 Å². The predicted octanol–water partition coefficient (Wildman–Crippen LogP) is 3.23. The first-order chi connectivity index (χ1) is 9.13. The molecule has 1 aromatic carbocycles. The third-order valence-corrected chi connectivity index (χ3v) is 4.68. The Labute approximate surface area is 119 Å². The summed E-state index contributed by atoms with van der Waals surface area (Å²) in [5, 5.41) is 0.745. The second-order valence-electron chi connectivity index (χ2n) is 5.63. The lowest BCUT2D eigenvalue weighted by molar-refractivity contribution is -0.0817. The molecule has 0 spiro atoms. The fourth-order valence-corrected chi connectivity index (χ4v) is 3.40. The van der Waals surface area contributed by atoms with E-state index in [1.54, 1.807) is 7.11 Å². The van der Waals surface area contributed by atoms with E-state index in [0.717, 1.165) is 48.6 Å². The molecule has 3 rings (SSSR count). The monoisotopic (exact) mass is 281 g/mol. The molecule has 0 saturated heterocycles. The van der Waals surface area contributed by atoms with Gasteiger partial charge in [-0.15, -0.1) is 0 Å². The van der Waals surface area contributed by atoms with Gasteiger partial charge >= 0.3 is 0 Å². The van der Waals surface area contributed by atoms with E-state index in [1.807, 2.05) is 12.1 Å². The smallest absolute Gasteiger partial charge is 0.127 e. The van der Waals surface area contributed by atoms with Crippen LogP contribution in [0.4, 0.5) is 0 Å². The summed E-state index contributed by atoms with van der Waals surface area (Å²) in [6.07, 6.45) is 5.18. The van der Waals surface area contributed by atoms with Crippen LogP contribution >= 0.6 is 11.6 Å². The number of fused-ring (bicyclic) bond motifs is 1. The molecule has 1 aliphatic carbocycles. The molecule has 104 valence electrons. The average molecular weight is 282 g/mol. The first kappa shape index (κ1) is 13.2. The van der Waals surface area contributed by atoms with Crippen LogP contribution in [0.2, 0.25) is 5.02 Å². The molecule has 1 heterocycles. The van der Waals surface area contributed by atoms with Gasteiger partial charge in [0.25, 0.3) is 0 Å². The van der Waals surface area contributed by atoms with Gasteiger partial charge in [0.15, 0.2) is 0 Å². The second kappa shape index (κ2) is 4.97. The number of rotatable bonds is 4. The van der Waals surface area contributed by atoms with Crippen LogP contribution in [0.3, 0.4) is 0 Å². The van der Waals surface area contributed by atoms with Crippen LogP contribution < -0.4 is 10.5 Å². The molecular weight excluding hydrogens is 262 g/mol. The summed E-state index contributed by atoms with van der Waals surface area (Å²) >= 11 is 6.18. The minimum absolute atomic E-state index is 0.0345. The van der Waals surface area contributed by atoms with E-state index >= 15 is 0 Å². The Kier molecular flexibility index (Phi) is 3.46. The van der Waals surface area contributed by atoms with Gasteiger partial charge in [-0.1, -0.05) is 11.6 Å². The highest BCUT2D eigenvalue weighted by atomic mass is 35.5. The van der Waals surface area contributed by atoms with Crippen molar-refractivity contribution in [1.29, 1.82) is 0 Å². The number of ether oxygens (including phenoxy) is 2. The number of halogens is 1. The van der Waals surface area contributed by atoms with Crippen LogP contribution in [-0.2, 0) is 11.2 Å². The van der Waals surface area contributed by atoms with Crippen molar-refractivity contribution in [3.8, 4) is 5.75 Å². The fourth-order valence-electron chi connectivity index (χ4n) is 3.15. The maximum Gasteiger partial charge on any atom is 0.127 e. The van der Waals surface area contributed by atoms with Crippen molar-refractivity contribution in [2.45, 2.75) is 43.7 Å². The third-order valence-electron chi connectivity index (χ3n) is 4.47. The molecule has 2 N–H and O–H groups in total. The standard InChI is InChI=1S/C15H20ClNO2/c1-18-15(4-2-5-15)9-13(17)12-8-11(16)7-10-3-6-19-14(10)12/h7-8,13H,2-6,9,17H2,1H3. The first-order valence-corrected chi connectivity index (χ1v) is 7.27. The number of hydrogen-bond acceptors (Lipinski definition) is 3. The van der Waals surface area contributed by atoms with Crippen molar-refractivity contribution in [3.05, 3.63) is 28.3 Å². The zero-order valence-corrected chi connectivity index (χ0v) is 12.0. The van der Waals surface area contributed by atoms with E-state index in [0.29, 0.717) is 0 Å². The molecule has 0 bridgehead atoms. The van der Waals surface area contributed by atoms with Crippen LogP contribution in [0.15, 0.2) is 12.1 Å². The largest absolute Gasteiger partial charge is 0.493 e. The molecule has 2 aliphatic rings. The van der Waals surface area contributed by atoms with Crippen LogP contribution in [0.5, 0.6) is 5.75 Å². The van der Waals surface area contributed by atoms with Gasteiger partial charge in [-0.3, -0.25) is 0 Å². The quantitative estimate of drug-likeness (QED) is 0.921. The van der Waals surface area contributed by atoms with Crippen molar-refractivity contribution in [1.82, 2.24) is 0 Å². The number of hydrogen-bond donors (Lipinski definition) is 1. The minimum Gasteiger partial charge on any atom is -0.493 e. The molecule has 0 aromatic heterocycles. The highest BCUT2D eigenvalue weighted by molar-refractivity contribution is 6.30. The number of methoxy groups -OCH3 is 1. The van der Waals surface area contributed by atoms with E-state index < -0.39 is 0 Å². The Morgan fingerprint density at radius 1 is 1.47 bits per heavy atom. The summed E-state index contributed by atoms with van der Waals surface area (Å²) in [7, 11) is 1.78. The maximum absolute atomic E-state index is 6.39. The minimum atomic E-state index is -0.0780. The summed E-state index contributed by atoms with van der Waals surface area (Å²) in [6, 6.07) is 3.85. The van der Waals surface area contributed by atoms with Gasteiger partial charge in [0.1, 0.15) is 5.75 Å². The normalized spacial score (nSPS) is 21.4. The van der Waals surface area contributed by atoms with E-state index in [9.17, 15) is 0 Å². The van der Waals surface area contributed by atoms with Gasteiger partial charge in [-0.05, 0) is 43.4 Å². The molecule has 19 heavy (non-hydrogen) atoms. The number of nitrogens with two attached hydrogens (primary N) is 1.